The summed E-state index contributed by atoms with van der Waals surface area (Å²) in [7, 11) is 0. The van der Waals surface area contributed by atoms with Crippen molar-refractivity contribution in [3.63, 3.8) is 0 Å². The second-order valence-electron chi connectivity index (χ2n) is 9.57. The Morgan fingerprint density at radius 1 is 0.700 bits per heavy atom. The summed E-state index contributed by atoms with van der Waals surface area (Å²) in [6.45, 7) is 0.304. The Labute approximate surface area is 240 Å². The average molecular weight is 630 g/mol. The van der Waals surface area contributed by atoms with E-state index in [1.165, 1.54) is 0 Å². The number of anilines is 1. The van der Waals surface area contributed by atoms with Gasteiger partial charge in [-0.1, -0.05) is 28.1 Å². The van der Waals surface area contributed by atoms with E-state index in [1.807, 2.05) is 0 Å². The van der Waals surface area contributed by atoms with Gasteiger partial charge < -0.3 is 25.7 Å². The van der Waals surface area contributed by atoms with Crippen LogP contribution in [-0.2, 0) is 30.4 Å². The molecule has 15 heteroatoms. The van der Waals surface area contributed by atoms with E-state index in [0.717, 1.165) is 5.56 Å². The normalized spacial score (nSPS) is 18.8. The summed E-state index contributed by atoms with van der Waals surface area (Å²) in [5.74, 6) is -4.47. The van der Waals surface area contributed by atoms with Gasteiger partial charge >= 0.3 is 23.9 Å². The number of rotatable bonds is 12. The zero-order valence-electron chi connectivity index (χ0n) is 22.1. The van der Waals surface area contributed by atoms with Gasteiger partial charge in [-0.2, -0.15) is 0 Å². The number of nitrogens with zero attached hydrogens (tertiary/aromatic N) is 4. The van der Waals surface area contributed by atoms with Gasteiger partial charge in [0.05, 0.1) is 31.5 Å². The molecule has 14 nitrogen and oxygen atoms in total. The molecule has 40 heavy (non-hydrogen) atoms. The summed E-state index contributed by atoms with van der Waals surface area (Å²) in [5, 5.41) is 40.8. The van der Waals surface area contributed by atoms with E-state index < -0.39 is 29.9 Å². The van der Waals surface area contributed by atoms with Gasteiger partial charge in [0.1, 0.15) is 0 Å². The highest BCUT2D eigenvalue weighted by molar-refractivity contribution is 9.09. The fourth-order valence-electron chi connectivity index (χ4n) is 4.55. The summed E-state index contributed by atoms with van der Waals surface area (Å²) in [6.07, 6.45) is 0.355. The number of benzene rings is 1. The number of nitrogens with one attached hydrogen (secondary N) is 1. The van der Waals surface area contributed by atoms with Crippen LogP contribution in [0.3, 0.4) is 0 Å². The van der Waals surface area contributed by atoms with Crippen LogP contribution in [0.25, 0.3) is 0 Å². The summed E-state index contributed by atoms with van der Waals surface area (Å²) in [6, 6.07) is 6.58. The SMILES string of the molecule is O=C(O)CN1CCN(CC(=O)O)CCN(CC(=O)O)[C@H](Cc2ccc(NC(=O)CBr)cc2)CN(CC(=O)O)CC1. The molecular formula is C25H36BrN5O9. The summed E-state index contributed by atoms with van der Waals surface area (Å²) in [4.78, 5) is 64.7. The van der Waals surface area contributed by atoms with Gasteiger partial charge in [-0.25, -0.2) is 0 Å². The van der Waals surface area contributed by atoms with Gasteiger partial charge in [-0.3, -0.25) is 43.6 Å². The number of amides is 1. The smallest absolute Gasteiger partial charge is 0.317 e. The van der Waals surface area contributed by atoms with Crippen molar-refractivity contribution in [2.75, 3.05) is 82.6 Å². The van der Waals surface area contributed by atoms with Crippen LogP contribution >= 0.6 is 15.9 Å². The predicted octanol–water partition coefficient (Wildman–Crippen LogP) is -0.509. The molecule has 1 aliphatic heterocycles. The van der Waals surface area contributed by atoms with E-state index in [0.29, 0.717) is 12.1 Å². The topological polar surface area (TPSA) is 191 Å². The molecule has 1 amide bonds. The van der Waals surface area contributed by atoms with Crippen LogP contribution in [0, 0.1) is 0 Å². The van der Waals surface area contributed by atoms with E-state index >= 15 is 0 Å². The first kappa shape index (κ1) is 33.1. The monoisotopic (exact) mass is 629 g/mol. The molecule has 0 saturated carbocycles. The lowest BCUT2D eigenvalue weighted by Gasteiger charge is -2.37. The molecule has 1 atom stereocenters. The van der Waals surface area contributed by atoms with Gasteiger partial charge in [0.25, 0.3) is 0 Å². The van der Waals surface area contributed by atoms with Crippen LogP contribution in [-0.4, -0.2) is 153 Å². The quantitative estimate of drug-likeness (QED) is 0.186. The van der Waals surface area contributed by atoms with Gasteiger partial charge in [0.2, 0.25) is 5.91 Å². The van der Waals surface area contributed by atoms with Crippen molar-refractivity contribution in [2.45, 2.75) is 12.5 Å². The maximum Gasteiger partial charge on any atom is 0.317 e. The molecule has 0 aliphatic carbocycles. The summed E-state index contributed by atoms with van der Waals surface area (Å²) in [5.41, 5.74) is 1.42. The number of alkyl halides is 1. The molecule has 1 fully saturated rings. The van der Waals surface area contributed by atoms with E-state index in [4.69, 9.17) is 0 Å². The molecule has 1 heterocycles. The molecule has 5 N–H and O–H groups in total. The van der Waals surface area contributed by atoms with E-state index in [2.05, 4.69) is 21.2 Å². The number of carboxylic acid groups (broad SMARTS) is 4. The maximum atomic E-state index is 11.8. The molecule has 222 valence electrons. The molecule has 0 aromatic heterocycles. The largest absolute Gasteiger partial charge is 0.480 e. The summed E-state index contributed by atoms with van der Waals surface area (Å²) < 4.78 is 0. The maximum absolute atomic E-state index is 11.8. The van der Waals surface area contributed by atoms with Crippen molar-refractivity contribution in [1.82, 2.24) is 19.6 Å². The van der Waals surface area contributed by atoms with Gasteiger partial charge in [0.15, 0.2) is 0 Å². The Hall–Kier alpha value is -3.11. The fraction of sp³-hybridized carbons (Fsp3) is 0.560. The van der Waals surface area contributed by atoms with Crippen LogP contribution in [0.1, 0.15) is 5.56 Å². The van der Waals surface area contributed by atoms with Crippen molar-refractivity contribution in [1.29, 1.82) is 0 Å². The zero-order valence-corrected chi connectivity index (χ0v) is 23.7. The molecule has 2 rings (SSSR count). The first-order chi connectivity index (χ1) is 18.9. The lowest BCUT2D eigenvalue weighted by molar-refractivity contribution is -0.142. The molecule has 0 spiro atoms. The zero-order chi connectivity index (χ0) is 29.7. The molecule has 0 unspecified atom stereocenters. The lowest BCUT2D eigenvalue weighted by atomic mass is 10.0. The van der Waals surface area contributed by atoms with E-state index in [1.54, 1.807) is 43.9 Å². The van der Waals surface area contributed by atoms with Crippen molar-refractivity contribution in [3.05, 3.63) is 29.8 Å². The Morgan fingerprint density at radius 2 is 1.15 bits per heavy atom. The molecule has 0 radical (unpaired) electrons. The van der Waals surface area contributed by atoms with Crippen molar-refractivity contribution >= 4 is 51.4 Å². The average Bonchev–Trinajstić information content (AvgIpc) is 2.86. The second-order valence-corrected chi connectivity index (χ2v) is 10.1. The Balaban J connectivity index is 2.38. The Bertz CT molecular complexity index is 1030. The molecule has 0 bridgehead atoms. The molecular weight excluding hydrogens is 594 g/mol. The Morgan fingerprint density at radius 3 is 1.62 bits per heavy atom. The van der Waals surface area contributed by atoms with E-state index in [-0.39, 0.29) is 83.2 Å². The second kappa shape index (κ2) is 16.9. The minimum Gasteiger partial charge on any atom is -0.480 e. The third-order valence-electron chi connectivity index (χ3n) is 6.40. The minimum atomic E-state index is -1.08. The minimum absolute atomic E-state index is 0.142. The number of aliphatic carboxylic acids is 4. The molecule has 1 saturated heterocycles. The van der Waals surface area contributed by atoms with E-state index in [9.17, 15) is 44.4 Å². The number of hydrogen-bond acceptors (Lipinski definition) is 9. The van der Waals surface area contributed by atoms with Crippen LogP contribution < -0.4 is 5.32 Å². The summed E-state index contributed by atoms with van der Waals surface area (Å²) >= 11 is 3.09. The van der Waals surface area contributed by atoms with Crippen molar-refractivity contribution in [2.24, 2.45) is 0 Å². The molecule has 1 aromatic rings. The number of carbonyl (C=O) groups is 5. The highest BCUT2D eigenvalue weighted by Crippen LogP contribution is 2.16. The number of carbonyl (C=O) groups excluding carboxylic acids is 1. The molecule has 1 aliphatic rings. The van der Waals surface area contributed by atoms with Crippen LogP contribution in [0.15, 0.2) is 24.3 Å². The third-order valence-corrected chi connectivity index (χ3v) is 6.91. The van der Waals surface area contributed by atoms with Gasteiger partial charge in [-0.15, -0.1) is 0 Å². The van der Waals surface area contributed by atoms with Crippen molar-refractivity contribution < 1.29 is 44.4 Å². The number of hydrogen-bond donors (Lipinski definition) is 5. The van der Waals surface area contributed by atoms with Crippen LogP contribution in [0.5, 0.6) is 0 Å². The first-order valence-electron chi connectivity index (χ1n) is 12.7. The highest BCUT2D eigenvalue weighted by Gasteiger charge is 2.27. The number of halogens is 1. The van der Waals surface area contributed by atoms with Crippen molar-refractivity contribution in [3.8, 4) is 0 Å². The molecule has 1 aromatic carbocycles. The van der Waals surface area contributed by atoms with Crippen LogP contribution in [0.2, 0.25) is 0 Å². The predicted molar refractivity (Wildman–Crippen MR) is 148 cm³/mol. The highest BCUT2D eigenvalue weighted by atomic mass is 79.9. The van der Waals surface area contributed by atoms with Crippen LogP contribution in [0.4, 0.5) is 5.69 Å². The standard InChI is InChI=1S/C25H36BrN5O9/c26-12-21(32)27-19-3-1-18(2-4-19)11-20-13-30(16-24(37)38)8-7-28(14-22(33)34)5-6-29(15-23(35)36)9-10-31(20)17-25(39)40/h1-4,20H,5-17H2,(H,27,32)(H,33,34)(H,35,36)(H,37,38)(H,39,40)/t20-/m1/s1. The fourth-order valence-corrected chi connectivity index (χ4v) is 4.69. The Kier molecular flexibility index (Phi) is 14.0. The first-order valence-corrected chi connectivity index (χ1v) is 13.8. The lowest BCUT2D eigenvalue weighted by Crippen LogP contribution is -2.53. The van der Waals surface area contributed by atoms with Gasteiger partial charge in [-0.05, 0) is 24.1 Å². The van der Waals surface area contributed by atoms with Gasteiger partial charge in [0, 0.05) is 57.5 Å². The third kappa shape index (κ3) is 12.8. The number of carboxylic acids is 4.